The molecular formula is C14H19N3O. The van der Waals surface area contributed by atoms with Crippen molar-refractivity contribution < 1.29 is 4.79 Å². The molecule has 0 aliphatic carbocycles. The van der Waals surface area contributed by atoms with Crippen LogP contribution in [0.2, 0.25) is 0 Å². The third-order valence-electron chi connectivity index (χ3n) is 2.71. The maximum absolute atomic E-state index is 12.1. The fourth-order valence-electron chi connectivity index (χ4n) is 1.77. The number of nitriles is 1. The molecule has 4 nitrogen and oxygen atoms in total. The molecule has 2 N–H and O–H groups in total. The number of hydrogen-bond donors (Lipinski definition) is 1. The summed E-state index contributed by atoms with van der Waals surface area (Å²) in [5.74, 6) is -0.151. The first kappa shape index (κ1) is 14.2. The van der Waals surface area contributed by atoms with Gasteiger partial charge in [0.2, 0.25) is 5.91 Å². The van der Waals surface area contributed by atoms with Crippen molar-refractivity contribution in [2.75, 3.05) is 6.54 Å². The minimum atomic E-state index is -0.507. The molecule has 1 aromatic rings. The number of benzene rings is 1. The Bertz CT molecular complexity index is 411. The number of nitrogens with two attached hydrogens (primary N) is 1. The number of carbonyl (C=O) groups is 1. The zero-order valence-electron chi connectivity index (χ0n) is 10.7. The third kappa shape index (κ3) is 4.19. The number of hydrogen-bond acceptors (Lipinski definition) is 3. The van der Waals surface area contributed by atoms with Gasteiger partial charge in [0.1, 0.15) is 6.54 Å². The van der Waals surface area contributed by atoms with Gasteiger partial charge < -0.3 is 10.6 Å². The van der Waals surface area contributed by atoms with E-state index in [2.05, 4.69) is 0 Å². The van der Waals surface area contributed by atoms with Crippen LogP contribution in [0.3, 0.4) is 0 Å². The molecule has 0 spiro atoms. The summed E-state index contributed by atoms with van der Waals surface area (Å²) in [5.41, 5.74) is 6.82. The van der Waals surface area contributed by atoms with Crippen LogP contribution in [0.25, 0.3) is 0 Å². The number of carbonyl (C=O) groups excluding carboxylic acids is 1. The van der Waals surface area contributed by atoms with Gasteiger partial charge in [0.05, 0.1) is 12.1 Å². The summed E-state index contributed by atoms with van der Waals surface area (Å²) in [6.45, 7) is 2.49. The van der Waals surface area contributed by atoms with Crippen molar-refractivity contribution in [1.82, 2.24) is 4.90 Å². The molecule has 0 unspecified atom stereocenters. The molecule has 0 radical (unpaired) electrons. The Morgan fingerprint density at radius 1 is 1.44 bits per heavy atom. The Hall–Kier alpha value is -1.86. The molecule has 0 bridgehead atoms. The second kappa shape index (κ2) is 7.46. The number of rotatable bonds is 6. The Morgan fingerprint density at radius 2 is 2.11 bits per heavy atom. The number of amides is 1. The van der Waals surface area contributed by atoms with Crippen LogP contribution < -0.4 is 5.73 Å². The maximum atomic E-state index is 12.1. The van der Waals surface area contributed by atoms with Crippen LogP contribution in [0, 0.1) is 11.3 Å². The van der Waals surface area contributed by atoms with Crippen molar-refractivity contribution in [3.05, 3.63) is 35.9 Å². The summed E-state index contributed by atoms with van der Waals surface area (Å²) in [6, 6.07) is 11.1. The van der Waals surface area contributed by atoms with E-state index in [1.807, 2.05) is 43.3 Å². The molecule has 0 saturated carbocycles. The molecule has 1 atom stereocenters. The molecular weight excluding hydrogens is 226 g/mol. The highest BCUT2D eigenvalue weighted by atomic mass is 16.2. The van der Waals surface area contributed by atoms with Crippen LogP contribution in [0.15, 0.2) is 30.3 Å². The molecule has 1 rings (SSSR count). The van der Waals surface area contributed by atoms with Gasteiger partial charge >= 0.3 is 0 Å². The van der Waals surface area contributed by atoms with Gasteiger partial charge in [0.25, 0.3) is 0 Å². The minimum Gasteiger partial charge on any atom is -0.324 e. The Kier molecular flexibility index (Phi) is 5.89. The van der Waals surface area contributed by atoms with Crippen molar-refractivity contribution >= 4 is 5.91 Å². The molecule has 1 amide bonds. The second-order valence-corrected chi connectivity index (χ2v) is 4.23. The second-order valence-electron chi connectivity index (χ2n) is 4.23. The molecule has 0 aromatic heterocycles. The van der Waals surface area contributed by atoms with E-state index in [1.54, 1.807) is 0 Å². The molecule has 0 fully saturated rings. The smallest absolute Gasteiger partial charge is 0.240 e. The fourth-order valence-corrected chi connectivity index (χ4v) is 1.77. The van der Waals surface area contributed by atoms with Gasteiger partial charge in [-0.3, -0.25) is 4.79 Å². The maximum Gasteiger partial charge on any atom is 0.240 e. The average molecular weight is 245 g/mol. The standard InChI is InChI=1S/C14H19N3O/c1-2-6-13(16)14(18)17(10-9-15)11-12-7-4-3-5-8-12/h3-5,7-8,13H,2,6,10-11,16H2,1H3/t13-/m1/s1. The molecule has 1 aromatic carbocycles. The molecule has 4 heteroatoms. The minimum absolute atomic E-state index is 0.0745. The normalized spacial score (nSPS) is 11.6. The van der Waals surface area contributed by atoms with Crippen LogP contribution in [-0.2, 0) is 11.3 Å². The van der Waals surface area contributed by atoms with E-state index in [0.29, 0.717) is 13.0 Å². The topological polar surface area (TPSA) is 70.1 Å². The highest BCUT2D eigenvalue weighted by molar-refractivity contribution is 5.81. The predicted molar refractivity (Wildman–Crippen MR) is 70.4 cm³/mol. The SMILES string of the molecule is CCC[C@@H](N)C(=O)N(CC#N)Cc1ccccc1. The lowest BCUT2D eigenvalue weighted by molar-refractivity contribution is -0.132. The quantitative estimate of drug-likeness (QED) is 0.775. The molecule has 0 aliphatic rings. The lowest BCUT2D eigenvalue weighted by atomic mass is 10.1. The molecule has 0 saturated heterocycles. The highest BCUT2D eigenvalue weighted by Crippen LogP contribution is 2.07. The Labute approximate surface area is 108 Å². The van der Waals surface area contributed by atoms with Crippen LogP contribution in [0.1, 0.15) is 25.3 Å². The molecule has 18 heavy (non-hydrogen) atoms. The highest BCUT2D eigenvalue weighted by Gasteiger charge is 2.20. The van der Waals surface area contributed by atoms with E-state index in [1.165, 1.54) is 4.90 Å². The van der Waals surface area contributed by atoms with Gasteiger partial charge in [-0.1, -0.05) is 43.7 Å². The molecule has 0 heterocycles. The van der Waals surface area contributed by atoms with Crippen molar-refractivity contribution in [3.63, 3.8) is 0 Å². The van der Waals surface area contributed by atoms with E-state index in [-0.39, 0.29) is 12.5 Å². The predicted octanol–water partition coefficient (Wildman–Crippen LogP) is 1.67. The van der Waals surface area contributed by atoms with E-state index < -0.39 is 6.04 Å². The van der Waals surface area contributed by atoms with E-state index in [4.69, 9.17) is 11.0 Å². The van der Waals surface area contributed by atoms with Crippen molar-refractivity contribution in [3.8, 4) is 6.07 Å². The zero-order chi connectivity index (χ0) is 13.4. The largest absolute Gasteiger partial charge is 0.324 e. The Morgan fingerprint density at radius 3 is 2.67 bits per heavy atom. The van der Waals surface area contributed by atoms with Crippen LogP contribution >= 0.6 is 0 Å². The summed E-state index contributed by atoms with van der Waals surface area (Å²) in [7, 11) is 0. The Balaban J connectivity index is 2.71. The number of nitrogens with zero attached hydrogens (tertiary/aromatic N) is 2. The van der Waals surface area contributed by atoms with Gasteiger partial charge in [-0.15, -0.1) is 0 Å². The van der Waals surface area contributed by atoms with Gasteiger partial charge in [0.15, 0.2) is 0 Å². The van der Waals surface area contributed by atoms with Crippen molar-refractivity contribution in [2.24, 2.45) is 5.73 Å². The monoisotopic (exact) mass is 245 g/mol. The average Bonchev–Trinajstić information content (AvgIpc) is 2.39. The summed E-state index contributed by atoms with van der Waals surface area (Å²) >= 11 is 0. The van der Waals surface area contributed by atoms with Crippen molar-refractivity contribution in [2.45, 2.75) is 32.4 Å². The summed E-state index contributed by atoms with van der Waals surface area (Å²) in [4.78, 5) is 13.6. The lowest BCUT2D eigenvalue weighted by Crippen LogP contribution is -2.43. The van der Waals surface area contributed by atoms with Gasteiger partial charge in [-0.2, -0.15) is 5.26 Å². The molecule has 96 valence electrons. The van der Waals surface area contributed by atoms with Gasteiger partial charge in [-0.05, 0) is 12.0 Å². The first-order valence-electron chi connectivity index (χ1n) is 6.14. The van der Waals surface area contributed by atoms with E-state index in [0.717, 1.165) is 12.0 Å². The van der Waals surface area contributed by atoms with Crippen LogP contribution in [0.4, 0.5) is 0 Å². The third-order valence-corrected chi connectivity index (χ3v) is 2.71. The van der Waals surface area contributed by atoms with Gasteiger partial charge in [-0.25, -0.2) is 0 Å². The van der Waals surface area contributed by atoms with Crippen LogP contribution in [-0.4, -0.2) is 23.4 Å². The van der Waals surface area contributed by atoms with Crippen LogP contribution in [0.5, 0.6) is 0 Å². The first-order valence-corrected chi connectivity index (χ1v) is 6.14. The first-order chi connectivity index (χ1) is 8.69. The van der Waals surface area contributed by atoms with Crippen molar-refractivity contribution in [1.29, 1.82) is 5.26 Å². The zero-order valence-corrected chi connectivity index (χ0v) is 10.7. The summed E-state index contributed by atoms with van der Waals surface area (Å²) < 4.78 is 0. The lowest BCUT2D eigenvalue weighted by Gasteiger charge is -2.23. The summed E-state index contributed by atoms with van der Waals surface area (Å²) in [5, 5.41) is 8.79. The summed E-state index contributed by atoms with van der Waals surface area (Å²) in [6.07, 6.45) is 1.51. The molecule has 0 aliphatic heterocycles. The fraction of sp³-hybridized carbons (Fsp3) is 0.429. The van der Waals surface area contributed by atoms with E-state index >= 15 is 0 Å². The van der Waals surface area contributed by atoms with Gasteiger partial charge in [0, 0.05) is 6.54 Å². The van der Waals surface area contributed by atoms with E-state index in [9.17, 15) is 4.79 Å².